The Labute approximate surface area is 95.0 Å². The summed E-state index contributed by atoms with van der Waals surface area (Å²) in [6.07, 6.45) is 0. The smallest absolute Gasteiger partial charge is 0.272 e. The summed E-state index contributed by atoms with van der Waals surface area (Å²) in [5.74, 6) is 0. The maximum absolute atomic E-state index is 10.6. The van der Waals surface area contributed by atoms with Crippen LogP contribution in [-0.4, -0.2) is 24.6 Å². The number of rotatable bonds is 6. The average Bonchev–Trinajstić information content (AvgIpc) is 2.24. The molecule has 0 aliphatic rings. The van der Waals surface area contributed by atoms with Gasteiger partial charge in [-0.05, 0) is 25.6 Å². The molecule has 0 aromatic heterocycles. The van der Waals surface area contributed by atoms with E-state index in [-0.39, 0.29) is 10.6 Å². The highest BCUT2D eigenvalue weighted by atomic mass is 16.6. The Bertz CT molecular complexity index is 366. The van der Waals surface area contributed by atoms with Gasteiger partial charge in [0.1, 0.15) is 0 Å². The van der Waals surface area contributed by atoms with E-state index in [0.29, 0.717) is 5.56 Å². The molecule has 1 rings (SSSR count). The Kier molecular flexibility index (Phi) is 4.72. The largest absolute Gasteiger partial charge is 0.384 e. The summed E-state index contributed by atoms with van der Waals surface area (Å²) < 4.78 is 0. The second kappa shape index (κ2) is 6.07. The summed E-state index contributed by atoms with van der Waals surface area (Å²) in [5.41, 5.74) is 1.76. The van der Waals surface area contributed by atoms with Crippen LogP contribution in [-0.2, 0) is 0 Å². The molecule has 0 aliphatic heterocycles. The summed E-state index contributed by atoms with van der Waals surface area (Å²) in [5, 5.41) is 17.0. The van der Waals surface area contributed by atoms with E-state index in [1.807, 2.05) is 0 Å². The number of benzene rings is 1. The highest BCUT2D eigenvalue weighted by Crippen LogP contribution is 2.21. The molecule has 0 bridgehead atoms. The van der Waals surface area contributed by atoms with Gasteiger partial charge in [-0.1, -0.05) is 6.92 Å². The summed E-state index contributed by atoms with van der Waals surface area (Å²) in [7, 11) is 0. The molecular formula is C11H17N3O2. The van der Waals surface area contributed by atoms with Gasteiger partial charge in [-0.3, -0.25) is 10.1 Å². The Morgan fingerprint density at radius 2 is 2.12 bits per heavy atom. The van der Waals surface area contributed by atoms with Crippen LogP contribution in [0.15, 0.2) is 18.2 Å². The van der Waals surface area contributed by atoms with Gasteiger partial charge in [0.2, 0.25) is 0 Å². The number of hydrogen-bond donors (Lipinski definition) is 2. The zero-order valence-corrected chi connectivity index (χ0v) is 9.62. The van der Waals surface area contributed by atoms with Crippen LogP contribution in [0.2, 0.25) is 0 Å². The van der Waals surface area contributed by atoms with E-state index in [4.69, 9.17) is 0 Å². The predicted octanol–water partition coefficient (Wildman–Crippen LogP) is 1.92. The first kappa shape index (κ1) is 12.4. The molecule has 0 unspecified atom stereocenters. The van der Waals surface area contributed by atoms with Crippen LogP contribution in [0.5, 0.6) is 0 Å². The molecule has 0 radical (unpaired) electrons. The van der Waals surface area contributed by atoms with Crippen molar-refractivity contribution in [1.29, 1.82) is 0 Å². The van der Waals surface area contributed by atoms with Crippen LogP contribution in [0.1, 0.15) is 12.5 Å². The van der Waals surface area contributed by atoms with Gasteiger partial charge in [-0.2, -0.15) is 0 Å². The standard InChI is InChI=1S/C11H17N3O2/c1-3-12-6-7-13-10-4-5-11(14(15)16)9(2)8-10/h4-5,8,12-13H,3,6-7H2,1-2H3. The van der Waals surface area contributed by atoms with E-state index in [2.05, 4.69) is 17.6 Å². The highest BCUT2D eigenvalue weighted by Gasteiger charge is 2.09. The SMILES string of the molecule is CCNCCNc1ccc([N+](=O)[O-])c(C)c1. The van der Waals surface area contributed by atoms with Crippen LogP contribution in [0.25, 0.3) is 0 Å². The van der Waals surface area contributed by atoms with Gasteiger partial charge >= 0.3 is 0 Å². The van der Waals surface area contributed by atoms with Gasteiger partial charge in [0.25, 0.3) is 5.69 Å². The lowest BCUT2D eigenvalue weighted by atomic mass is 10.2. The van der Waals surface area contributed by atoms with Crippen molar-refractivity contribution in [3.05, 3.63) is 33.9 Å². The van der Waals surface area contributed by atoms with Gasteiger partial charge in [0.15, 0.2) is 0 Å². The molecule has 16 heavy (non-hydrogen) atoms. The van der Waals surface area contributed by atoms with Crippen molar-refractivity contribution in [2.24, 2.45) is 0 Å². The quantitative estimate of drug-likeness (QED) is 0.439. The molecule has 5 heteroatoms. The summed E-state index contributed by atoms with van der Waals surface area (Å²) in [6.45, 7) is 6.43. The van der Waals surface area contributed by atoms with Crippen molar-refractivity contribution in [2.75, 3.05) is 25.0 Å². The van der Waals surface area contributed by atoms with Crippen LogP contribution in [0.4, 0.5) is 11.4 Å². The van der Waals surface area contributed by atoms with Crippen molar-refractivity contribution in [3.8, 4) is 0 Å². The molecule has 0 atom stereocenters. The van der Waals surface area contributed by atoms with E-state index in [1.165, 1.54) is 6.07 Å². The molecule has 88 valence electrons. The first-order valence-corrected chi connectivity index (χ1v) is 5.34. The molecule has 2 N–H and O–H groups in total. The number of anilines is 1. The van der Waals surface area contributed by atoms with Crippen LogP contribution in [0.3, 0.4) is 0 Å². The van der Waals surface area contributed by atoms with Gasteiger partial charge in [-0.25, -0.2) is 0 Å². The number of nitrogens with zero attached hydrogens (tertiary/aromatic N) is 1. The molecule has 0 saturated heterocycles. The fraction of sp³-hybridized carbons (Fsp3) is 0.455. The second-order valence-electron chi connectivity index (χ2n) is 3.54. The first-order chi connectivity index (χ1) is 7.65. The Morgan fingerprint density at radius 3 is 2.69 bits per heavy atom. The number of nitrogens with one attached hydrogen (secondary N) is 2. The number of hydrogen-bond acceptors (Lipinski definition) is 4. The topological polar surface area (TPSA) is 67.2 Å². The third-order valence-corrected chi connectivity index (χ3v) is 2.27. The normalized spacial score (nSPS) is 10.1. The van der Waals surface area contributed by atoms with Crippen LogP contribution in [0, 0.1) is 17.0 Å². The van der Waals surface area contributed by atoms with Crippen molar-refractivity contribution in [3.63, 3.8) is 0 Å². The van der Waals surface area contributed by atoms with E-state index in [0.717, 1.165) is 25.3 Å². The summed E-state index contributed by atoms with van der Waals surface area (Å²) in [4.78, 5) is 10.2. The fourth-order valence-electron chi connectivity index (χ4n) is 1.44. The minimum Gasteiger partial charge on any atom is -0.384 e. The molecule has 0 spiro atoms. The number of likely N-dealkylation sites (N-methyl/N-ethyl adjacent to an activating group) is 1. The van der Waals surface area contributed by atoms with E-state index >= 15 is 0 Å². The van der Waals surface area contributed by atoms with Crippen molar-refractivity contribution >= 4 is 11.4 Å². The molecule has 0 saturated carbocycles. The maximum Gasteiger partial charge on any atom is 0.272 e. The van der Waals surface area contributed by atoms with Gasteiger partial charge < -0.3 is 10.6 Å². The molecule has 0 fully saturated rings. The molecule has 5 nitrogen and oxygen atoms in total. The van der Waals surface area contributed by atoms with Crippen LogP contribution >= 0.6 is 0 Å². The third-order valence-electron chi connectivity index (χ3n) is 2.27. The van der Waals surface area contributed by atoms with Gasteiger partial charge in [0, 0.05) is 30.4 Å². The summed E-state index contributed by atoms with van der Waals surface area (Å²) >= 11 is 0. The molecule has 0 heterocycles. The van der Waals surface area contributed by atoms with E-state index in [1.54, 1.807) is 19.1 Å². The lowest BCUT2D eigenvalue weighted by Crippen LogP contribution is -2.21. The van der Waals surface area contributed by atoms with Crippen molar-refractivity contribution in [1.82, 2.24) is 5.32 Å². The molecule has 1 aromatic rings. The average molecular weight is 223 g/mol. The van der Waals surface area contributed by atoms with Crippen molar-refractivity contribution < 1.29 is 4.92 Å². The minimum atomic E-state index is -0.363. The molecular weight excluding hydrogens is 206 g/mol. The lowest BCUT2D eigenvalue weighted by Gasteiger charge is -2.07. The Hall–Kier alpha value is -1.62. The maximum atomic E-state index is 10.6. The fourth-order valence-corrected chi connectivity index (χ4v) is 1.44. The van der Waals surface area contributed by atoms with E-state index < -0.39 is 0 Å². The summed E-state index contributed by atoms with van der Waals surface area (Å²) in [6, 6.07) is 5.06. The van der Waals surface area contributed by atoms with Crippen molar-refractivity contribution in [2.45, 2.75) is 13.8 Å². The van der Waals surface area contributed by atoms with Gasteiger partial charge in [0.05, 0.1) is 4.92 Å². The zero-order chi connectivity index (χ0) is 12.0. The monoisotopic (exact) mass is 223 g/mol. The molecule has 1 aromatic carbocycles. The number of aryl methyl sites for hydroxylation is 1. The molecule has 0 aliphatic carbocycles. The van der Waals surface area contributed by atoms with Crippen LogP contribution < -0.4 is 10.6 Å². The first-order valence-electron chi connectivity index (χ1n) is 5.34. The minimum absolute atomic E-state index is 0.164. The number of nitro benzene ring substituents is 1. The van der Waals surface area contributed by atoms with E-state index in [9.17, 15) is 10.1 Å². The predicted molar refractivity (Wildman–Crippen MR) is 64.9 cm³/mol. The second-order valence-corrected chi connectivity index (χ2v) is 3.54. The molecule has 0 amide bonds. The van der Waals surface area contributed by atoms with Gasteiger partial charge in [-0.15, -0.1) is 0 Å². The highest BCUT2D eigenvalue weighted by molar-refractivity contribution is 5.53. The number of nitro groups is 1. The Balaban J connectivity index is 2.56. The lowest BCUT2D eigenvalue weighted by molar-refractivity contribution is -0.385. The Morgan fingerprint density at radius 1 is 1.38 bits per heavy atom. The zero-order valence-electron chi connectivity index (χ0n) is 9.62. The third kappa shape index (κ3) is 3.51.